The quantitative estimate of drug-likeness (QED) is 0.737. The molecule has 1 aliphatic heterocycles. The average molecular weight is 329 g/mol. The van der Waals surface area contributed by atoms with Crippen LogP contribution in [-0.2, 0) is 6.61 Å². The Balaban J connectivity index is 2.13. The molecule has 0 saturated heterocycles. The molecular weight excluding hydrogens is 320 g/mol. The van der Waals surface area contributed by atoms with Crippen molar-refractivity contribution in [2.24, 2.45) is 0 Å². The van der Waals surface area contributed by atoms with Gasteiger partial charge in [-0.3, -0.25) is 4.79 Å². The zero-order valence-electron chi connectivity index (χ0n) is 11.6. The van der Waals surface area contributed by atoms with Crippen LogP contribution in [0.15, 0.2) is 45.6 Å². The lowest BCUT2D eigenvalue weighted by Crippen LogP contribution is -2.12. The predicted molar refractivity (Wildman–Crippen MR) is 84.2 cm³/mol. The Kier molecular flexibility index (Phi) is 2.92. The number of fused-ring (bicyclic) bond motifs is 5. The first-order valence-corrected chi connectivity index (χ1v) is 7.19. The Morgan fingerprint density at radius 2 is 1.96 bits per heavy atom. The van der Waals surface area contributed by atoms with Gasteiger partial charge in [-0.1, -0.05) is 35.9 Å². The van der Waals surface area contributed by atoms with Crippen molar-refractivity contribution in [2.45, 2.75) is 6.61 Å². The average Bonchev–Trinajstić information content (AvgIpc) is 2.54. The van der Waals surface area contributed by atoms with Gasteiger partial charge in [0.1, 0.15) is 17.7 Å². The zero-order chi connectivity index (χ0) is 16.1. The maximum Gasteiger partial charge on any atom is 0.371 e. The fourth-order valence-electron chi connectivity index (χ4n) is 2.78. The molecule has 114 valence electrons. The van der Waals surface area contributed by atoms with E-state index in [1.165, 1.54) is 0 Å². The second-order valence-electron chi connectivity index (χ2n) is 5.17. The zero-order valence-corrected chi connectivity index (χ0v) is 12.4. The van der Waals surface area contributed by atoms with Crippen molar-refractivity contribution in [2.75, 3.05) is 0 Å². The van der Waals surface area contributed by atoms with E-state index >= 15 is 0 Å². The minimum atomic E-state index is -1.33. The third kappa shape index (κ3) is 2.01. The number of hydrogen-bond acceptors (Lipinski definition) is 4. The number of rotatable bonds is 1. The minimum Gasteiger partial charge on any atom is -0.487 e. The molecule has 5 nitrogen and oxygen atoms in total. The van der Waals surface area contributed by atoms with Gasteiger partial charge in [0.15, 0.2) is 11.0 Å². The normalized spacial score (nSPS) is 12.4. The molecule has 0 fully saturated rings. The van der Waals surface area contributed by atoms with E-state index in [1.54, 1.807) is 6.07 Å². The molecular formula is C17H9ClO5. The molecule has 0 atom stereocenters. The molecule has 2 aromatic carbocycles. The number of ether oxygens (including phenoxy) is 1. The molecule has 3 aromatic rings. The Hall–Kier alpha value is -2.79. The maximum atomic E-state index is 12.4. The van der Waals surface area contributed by atoms with E-state index < -0.39 is 17.2 Å². The second-order valence-corrected chi connectivity index (χ2v) is 5.57. The van der Waals surface area contributed by atoms with Crippen LogP contribution in [0, 0.1) is 0 Å². The van der Waals surface area contributed by atoms with Gasteiger partial charge in [-0.15, -0.1) is 0 Å². The van der Waals surface area contributed by atoms with Crippen LogP contribution in [0.3, 0.4) is 0 Å². The molecule has 1 aromatic heterocycles. The van der Waals surface area contributed by atoms with Crippen LogP contribution in [0.25, 0.3) is 22.1 Å². The standard InChI is InChI=1S/C17H9ClO5/c18-11-5-10-9-4-2-1-3-8(9)7-22-15(10)14-12(19)6-13(17(20)21)23-16(11)14/h1-6H,7H2,(H,20,21). The highest BCUT2D eigenvalue weighted by molar-refractivity contribution is 6.35. The van der Waals surface area contributed by atoms with E-state index in [2.05, 4.69) is 0 Å². The number of benzene rings is 2. The molecule has 4 rings (SSSR count). The molecule has 0 aliphatic carbocycles. The molecule has 0 unspecified atom stereocenters. The van der Waals surface area contributed by atoms with Gasteiger partial charge in [0.05, 0.1) is 5.02 Å². The first-order chi connectivity index (χ1) is 11.1. The van der Waals surface area contributed by atoms with Crippen LogP contribution in [-0.4, -0.2) is 11.1 Å². The topological polar surface area (TPSA) is 76.7 Å². The van der Waals surface area contributed by atoms with Crippen LogP contribution >= 0.6 is 11.6 Å². The predicted octanol–water partition coefficient (Wildman–Crippen LogP) is 3.70. The van der Waals surface area contributed by atoms with Gasteiger partial charge < -0.3 is 14.3 Å². The highest BCUT2D eigenvalue weighted by Crippen LogP contribution is 2.43. The molecule has 6 heteroatoms. The van der Waals surface area contributed by atoms with Gasteiger partial charge in [0.2, 0.25) is 5.76 Å². The number of carbonyl (C=O) groups is 1. The van der Waals surface area contributed by atoms with Crippen LogP contribution in [0.1, 0.15) is 16.1 Å². The van der Waals surface area contributed by atoms with Crippen molar-refractivity contribution < 1.29 is 19.1 Å². The number of aromatic carboxylic acids is 1. The molecule has 0 bridgehead atoms. The van der Waals surface area contributed by atoms with Crippen molar-refractivity contribution in [1.29, 1.82) is 0 Å². The molecule has 0 amide bonds. The SMILES string of the molecule is O=C(O)c1cc(=O)c2c3c(cc(Cl)c2o1)-c1ccccc1CO3. The highest BCUT2D eigenvalue weighted by Gasteiger charge is 2.25. The first kappa shape index (κ1) is 13.8. The number of carboxylic acid groups (broad SMARTS) is 1. The summed E-state index contributed by atoms with van der Waals surface area (Å²) in [5.74, 6) is -1.42. The summed E-state index contributed by atoms with van der Waals surface area (Å²) >= 11 is 6.23. The lowest BCUT2D eigenvalue weighted by Gasteiger charge is -2.22. The fraction of sp³-hybridized carbons (Fsp3) is 0.0588. The van der Waals surface area contributed by atoms with Gasteiger partial charge in [-0.05, 0) is 17.2 Å². The van der Waals surface area contributed by atoms with Crippen molar-refractivity contribution in [3.8, 4) is 16.9 Å². The van der Waals surface area contributed by atoms with Gasteiger partial charge in [-0.2, -0.15) is 0 Å². The van der Waals surface area contributed by atoms with Crippen molar-refractivity contribution in [3.05, 3.63) is 63.0 Å². The van der Waals surface area contributed by atoms with Crippen molar-refractivity contribution >= 4 is 28.5 Å². The smallest absolute Gasteiger partial charge is 0.371 e. The van der Waals surface area contributed by atoms with Gasteiger partial charge >= 0.3 is 5.97 Å². The van der Waals surface area contributed by atoms with Crippen LogP contribution in [0.2, 0.25) is 5.02 Å². The van der Waals surface area contributed by atoms with Crippen molar-refractivity contribution in [3.63, 3.8) is 0 Å². The fourth-order valence-corrected chi connectivity index (χ4v) is 3.03. The lowest BCUT2D eigenvalue weighted by atomic mass is 9.95. The Bertz CT molecular complexity index is 1040. The van der Waals surface area contributed by atoms with E-state index in [-0.39, 0.29) is 16.0 Å². The molecule has 23 heavy (non-hydrogen) atoms. The third-order valence-corrected chi connectivity index (χ3v) is 4.08. The van der Waals surface area contributed by atoms with Crippen molar-refractivity contribution in [1.82, 2.24) is 0 Å². The molecule has 0 saturated carbocycles. The largest absolute Gasteiger partial charge is 0.487 e. The molecule has 0 radical (unpaired) electrons. The Morgan fingerprint density at radius 3 is 2.74 bits per heavy atom. The van der Waals surface area contributed by atoms with Crippen LogP contribution < -0.4 is 10.2 Å². The van der Waals surface area contributed by atoms with Gasteiger partial charge in [0, 0.05) is 11.6 Å². The minimum absolute atomic E-state index is 0.0229. The van der Waals surface area contributed by atoms with Gasteiger partial charge in [-0.25, -0.2) is 4.79 Å². The van der Waals surface area contributed by atoms with Gasteiger partial charge in [0.25, 0.3) is 0 Å². The van der Waals surface area contributed by atoms with Crippen LogP contribution in [0.5, 0.6) is 5.75 Å². The van der Waals surface area contributed by atoms with E-state index in [1.807, 2.05) is 24.3 Å². The second kappa shape index (κ2) is 4.86. The summed E-state index contributed by atoms with van der Waals surface area (Å²) in [4.78, 5) is 23.4. The van der Waals surface area contributed by atoms with E-state index in [0.717, 1.165) is 17.2 Å². The first-order valence-electron chi connectivity index (χ1n) is 6.81. The number of hydrogen-bond donors (Lipinski definition) is 1. The van der Waals surface area contributed by atoms with E-state index in [9.17, 15) is 9.59 Å². The summed E-state index contributed by atoms with van der Waals surface area (Å²) < 4.78 is 11.0. The number of halogens is 1. The summed E-state index contributed by atoms with van der Waals surface area (Å²) in [6, 6.07) is 10.2. The molecule has 0 spiro atoms. The monoisotopic (exact) mass is 328 g/mol. The Morgan fingerprint density at radius 1 is 1.17 bits per heavy atom. The van der Waals surface area contributed by atoms with E-state index in [4.69, 9.17) is 25.9 Å². The highest BCUT2D eigenvalue weighted by atomic mass is 35.5. The maximum absolute atomic E-state index is 12.4. The summed E-state index contributed by atoms with van der Waals surface area (Å²) in [7, 11) is 0. The summed E-state index contributed by atoms with van der Waals surface area (Å²) in [6.07, 6.45) is 0. The lowest BCUT2D eigenvalue weighted by molar-refractivity contribution is 0.0663. The third-order valence-electron chi connectivity index (χ3n) is 3.80. The van der Waals surface area contributed by atoms with Crippen LogP contribution in [0.4, 0.5) is 0 Å². The molecule has 1 N–H and O–H groups in total. The molecule has 2 heterocycles. The Labute approximate surface area is 134 Å². The van der Waals surface area contributed by atoms with E-state index in [0.29, 0.717) is 17.9 Å². The molecule has 1 aliphatic rings. The summed E-state index contributed by atoms with van der Waals surface area (Å²) in [5.41, 5.74) is 2.14. The summed E-state index contributed by atoms with van der Waals surface area (Å²) in [6.45, 7) is 0.319. The number of carboxylic acids is 1. The summed E-state index contributed by atoms with van der Waals surface area (Å²) in [5, 5.41) is 9.35.